The summed E-state index contributed by atoms with van der Waals surface area (Å²) in [6.45, 7) is 1.23. The first-order valence-electron chi connectivity index (χ1n) is 4.52. The van der Waals surface area contributed by atoms with Gasteiger partial charge in [0.15, 0.2) is 5.78 Å². The Hall–Kier alpha value is -1.35. The lowest BCUT2D eigenvalue weighted by atomic mass is 9.97. The Bertz CT molecular complexity index is 503. The average Bonchev–Trinajstić information content (AvgIpc) is 2.24. The Morgan fingerprint density at radius 3 is 2.47 bits per heavy atom. The van der Waals surface area contributed by atoms with E-state index >= 15 is 0 Å². The highest BCUT2D eigenvalue weighted by Gasteiger charge is 2.35. The summed E-state index contributed by atoms with van der Waals surface area (Å²) < 4.78 is 38.0. The van der Waals surface area contributed by atoms with Gasteiger partial charge in [-0.15, -0.1) is 0 Å². The van der Waals surface area contributed by atoms with Crippen molar-refractivity contribution in [2.24, 2.45) is 0 Å². The molecular weight excluding hydrogens is 299 g/mol. The second-order valence-electron chi connectivity index (χ2n) is 3.38. The summed E-state index contributed by atoms with van der Waals surface area (Å²) in [6, 6.07) is 3.59. The largest absolute Gasteiger partial charge is 0.417 e. The number of hydrogen-bond acceptors (Lipinski definition) is 2. The van der Waals surface area contributed by atoms with Crippen molar-refractivity contribution in [2.45, 2.75) is 13.1 Å². The average molecular weight is 306 g/mol. The summed E-state index contributed by atoms with van der Waals surface area (Å²) in [4.78, 5) is 11.4. The molecule has 0 atom stereocenters. The van der Waals surface area contributed by atoms with Crippen LogP contribution in [-0.2, 0) is 6.18 Å². The first-order valence-corrected chi connectivity index (χ1v) is 5.64. The molecule has 0 aliphatic rings. The Morgan fingerprint density at radius 2 is 2.06 bits per heavy atom. The molecule has 0 fully saturated rings. The maximum absolute atomic E-state index is 12.7. The second-order valence-corrected chi connectivity index (χ2v) is 3.94. The summed E-state index contributed by atoms with van der Waals surface area (Å²) in [5, 5.41) is 8.71. The summed E-state index contributed by atoms with van der Waals surface area (Å²) in [7, 11) is 0. The zero-order valence-electron chi connectivity index (χ0n) is 8.73. The molecule has 1 aromatic carbocycles. The smallest absolute Gasteiger partial charge is 0.293 e. The maximum Gasteiger partial charge on any atom is 0.417 e. The van der Waals surface area contributed by atoms with E-state index in [2.05, 4.69) is 15.9 Å². The number of aryl methyl sites for hydroxylation is 1. The van der Waals surface area contributed by atoms with E-state index in [1.54, 1.807) is 0 Å². The van der Waals surface area contributed by atoms with Crippen LogP contribution in [0.25, 0.3) is 0 Å². The number of carbonyl (C=O) groups is 1. The number of alkyl halides is 4. The van der Waals surface area contributed by atoms with Crippen molar-refractivity contribution in [3.05, 3.63) is 34.4 Å². The molecule has 0 radical (unpaired) electrons. The summed E-state index contributed by atoms with van der Waals surface area (Å²) in [5.74, 6) is -0.363. The molecule has 0 heterocycles. The van der Waals surface area contributed by atoms with Crippen molar-refractivity contribution in [3.63, 3.8) is 0 Å². The third-order valence-electron chi connectivity index (χ3n) is 2.18. The van der Waals surface area contributed by atoms with Gasteiger partial charge >= 0.3 is 6.18 Å². The number of carbonyl (C=O) groups excluding carboxylic acids is 1. The Balaban J connectivity index is 3.48. The number of rotatable bonds is 2. The van der Waals surface area contributed by atoms with Gasteiger partial charge in [0.2, 0.25) is 0 Å². The van der Waals surface area contributed by atoms with Crippen molar-refractivity contribution < 1.29 is 18.0 Å². The number of benzene rings is 1. The number of ketones is 1. The van der Waals surface area contributed by atoms with Gasteiger partial charge in [0.1, 0.15) is 0 Å². The Labute approximate surface area is 104 Å². The minimum absolute atomic E-state index is 0.00265. The van der Waals surface area contributed by atoms with Gasteiger partial charge in [-0.1, -0.05) is 15.9 Å². The zero-order chi connectivity index (χ0) is 13.2. The predicted molar refractivity (Wildman–Crippen MR) is 59.0 cm³/mol. The van der Waals surface area contributed by atoms with E-state index in [0.29, 0.717) is 0 Å². The quantitative estimate of drug-likeness (QED) is 0.620. The van der Waals surface area contributed by atoms with Crippen molar-refractivity contribution >= 4 is 21.7 Å². The molecule has 0 aromatic heterocycles. The fourth-order valence-corrected chi connectivity index (χ4v) is 1.81. The van der Waals surface area contributed by atoms with Crippen LogP contribution in [0.4, 0.5) is 13.2 Å². The van der Waals surface area contributed by atoms with Crippen LogP contribution >= 0.6 is 15.9 Å². The molecule has 90 valence electrons. The standard InChI is InChI=1S/C11H7BrF3NO/c1-6-2-7(9(17)4-12)3-8(5-16)10(6)11(13,14)15/h2-3H,4H2,1H3. The van der Waals surface area contributed by atoms with Gasteiger partial charge in [0, 0.05) is 5.56 Å². The summed E-state index contributed by atoms with van der Waals surface area (Å²) in [6.07, 6.45) is -4.59. The second kappa shape index (κ2) is 4.88. The van der Waals surface area contributed by atoms with Gasteiger partial charge < -0.3 is 0 Å². The molecular formula is C11H7BrF3NO. The molecule has 0 bridgehead atoms. The molecule has 17 heavy (non-hydrogen) atoms. The molecule has 0 saturated heterocycles. The van der Waals surface area contributed by atoms with Crippen LogP contribution in [0, 0.1) is 18.3 Å². The van der Waals surface area contributed by atoms with Crippen molar-refractivity contribution in [1.29, 1.82) is 5.26 Å². The fourth-order valence-electron chi connectivity index (χ4n) is 1.49. The van der Waals surface area contributed by atoms with E-state index in [1.807, 2.05) is 0 Å². The number of nitrogens with zero attached hydrogens (tertiary/aromatic N) is 1. The number of halogens is 4. The van der Waals surface area contributed by atoms with Crippen LogP contribution in [0.2, 0.25) is 0 Å². The lowest BCUT2D eigenvalue weighted by Crippen LogP contribution is -2.12. The molecule has 1 aromatic rings. The van der Waals surface area contributed by atoms with Gasteiger partial charge in [0.05, 0.1) is 22.5 Å². The van der Waals surface area contributed by atoms with Gasteiger partial charge in [-0.05, 0) is 24.6 Å². The van der Waals surface area contributed by atoms with Crippen molar-refractivity contribution in [2.75, 3.05) is 5.33 Å². The molecule has 0 aliphatic heterocycles. The number of hydrogen-bond donors (Lipinski definition) is 0. The minimum Gasteiger partial charge on any atom is -0.293 e. The van der Waals surface area contributed by atoms with E-state index in [-0.39, 0.29) is 22.2 Å². The normalized spacial score (nSPS) is 11.1. The molecule has 0 N–H and O–H groups in total. The van der Waals surface area contributed by atoms with E-state index in [4.69, 9.17) is 5.26 Å². The van der Waals surface area contributed by atoms with Crippen molar-refractivity contribution in [3.8, 4) is 6.07 Å². The maximum atomic E-state index is 12.7. The summed E-state index contributed by atoms with van der Waals surface area (Å²) >= 11 is 2.93. The highest BCUT2D eigenvalue weighted by atomic mass is 79.9. The van der Waals surface area contributed by atoms with E-state index in [9.17, 15) is 18.0 Å². The fraction of sp³-hybridized carbons (Fsp3) is 0.273. The summed E-state index contributed by atoms with van der Waals surface area (Å²) in [5.41, 5.74) is -1.53. The third-order valence-corrected chi connectivity index (χ3v) is 2.69. The van der Waals surface area contributed by atoms with Gasteiger partial charge in [-0.25, -0.2) is 0 Å². The van der Waals surface area contributed by atoms with Crippen LogP contribution in [0.1, 0.15) is 27.0 Å². The Morgan fingerprint density at radius 1 is 1.47 bits per heavy atom. The lowest BCUT2D eigenvalue weighted by Gasteiger charge is -2.13. The minimum atomic E-state index is -4.59. The molecule has 1 rings (SSSR count). The lowest BCUT2D eigenvalue weighted by molar-refractivity contribution is -0.138. The van der Waals surface area contributed by atoms with Crippen molar-refractivity contribution in [1.82, 2.24) is 0 Å². The topological polar surface area (TPSA) is 40.9 Å². The van der Waals surface area contributed by atoms with Gasteiger partial charge in [-0.3, -0.25) is 4.79 Å². The predicted octanol–water partition coefficient (Wildman–Crippen LogP) is 3.46. The number of Topliss-reactive ketones (excluding diaryl/α,β-unsaturated/α-hetero) is 1. The first-order chi connectivity index (χ1) is 7.81. The third kappa shape index (κ3) is 2.86. The molecule has 0 saturated carbocycles. The van der Waals surface area contributed by atoms with E-state index < -0.39 is 17.3 Å². The molecule has 0 amide bonds. The van der Waals surface area contributed by atoms with Crippen LogP contribution < -0.4 is 0 Å². The van der Waals surface area contributed by atoms with Gasteiger partial charge in [-0.2, -0.15) is 18.4 Å². The highest BCUT2D eigenvalue weighted by Crippen LogP contribution is 2.35. The van der Waals surface area contributed by atoms with E-state index in [0.717, 1.165) is 12.1 Å². The zero-order valence-corrected chi connectivity index (χ0v) is 10.3. The molecule has 0 unspecified atom stereocenters. The monoisotopic (exact) mass is 305 g/mol. The molecule has 0 aliphatic carbocycles. The van der Waals surface area contributed by atoms with Crippen LogP contribution in [0.3, 0.4) is 0 Å². The SMILES string of the molecule is Cc1cc(C(=O)CBr)cc(C#N)c1C(F)(F)F. The Kier molecular flexibility index (Phi) is 3.94. The first kappa shape index (κ1) is 13.7. The van der Waals surface area contributed by atoms with E-state index in [1.165, 1.54) is 13.0 Å². The van der Waals surface area contributed by atoms with Crippen LogP contribution in [-0.4, -0.2) is 11.1 Å². The van der Waals surface area contributed by atoms with Gasteiger partial charge in [0.25, 0.3) is 0 Å². The molecule has 6 heteroatoms. The molecule has 0 spiro atoms. The van der Waals surface area contributed by atoms with Crippen LogP contribution in [0.15, 0.2) is 12.1 Å². The molecule has 2 nitrogen and oxygen atoms in total. The van der Waals surface area contributed by atoms with Crippen LogP contribution in [0.5, 0.6) is 0 Å². The highest BCUT2D eigenvalue weighted by molar-refractivity contribution is 9.09. The number of nitriles is 1.